The number of primary amides is 1. The molecule has 1 aromatic heterocycles. The largest absolute Gasteiger partial charge is 0.363 e. The third kappa shape index (κ3) is 3.47. The Morgan fingerprint density at radius 1 is 1.23 bits per heavy atom. The first-order valence-corrected chi connectivity index (χ1v) is 9.69. The number of carbonyl (C=O) groups is 2. The maximum absolute atomic E-state index is 12.5. The number of hydrogen-bond acceptors (Lipinski definition) is 6. The zero-order valence-corrected chi connectivity index (χ0v) is 15.2. The fraction of sp³-hybridized carbons (Fsp3) is 0.778. The van der Waals surface area contributed by atoms with Crippen molar-refractivity contribution in [1.29, 1.82) is 0 Å². The Morgan fingerprint density at radius 3 is 2.77 bits per heavy atom. The number of carbonyl (C=O) groups excluding carboxylic acids is 2. The molecule has 8 nitrogen and oxygen atoms in total. The topological polar surface area (TPSA) is 106 Å². The average Bonchev–Trinajstić information content (AvgIpc) is 3.29. The van der Waals surface area contributed by atoms with Gasteiger partial charge in [0, 0.05) is 31.0 Å². The van der Waals surface area contributed by atoms with E-state index in [2.05, 4.69) is 19.9 Å². The maximum atomic E-state index is 12.5. The van der Waals surface area contributed by atoms with Gasteiger partial charge in [-0.05, 0) is 38.6 Å². The first-order valence-electron chi connectivity index (χ1n) is 9.69. The highest BCUT2D eigenvalue weighted by Gasteiger charge is 2.44. The van der Waals surface area contributed by atoms with E-state index >= 15 is 0 Å². The molecule has 1 saturated carbocycles. The Kier molecular flexibility index (Phi) is 4.69. The molecular formula is C18H27N5O3. The second-order valence-corrected chi connectivity index (χ2v) is 8.15. The van der Waals surface area contributed by atoms with Crippen molar-refractivity contribution in [2.45, 2.75) is 64.0 Å². The SMILES string of the molecule is NC(=O)c1noc(CN2CCC[C@@]3(CCC(=O)N(C4CCCC4)C3)C2)n1. The van der Waals surface area contributed by atoms with Crippen LogP contribution in [0.5, 0.6) is 0 Å². The summed E-state index contributed by atoms with van der Waals surface area (Å²) in [4.78, 5) is 32.2. The first-order chi connectivity index (χ1) is 12.5. The number of piperidine rings is 2. The van der Waals surface area contributed by atoms with Crippen molar-refractivity contribution >= 4 is 11.8 Å². The van der Waals surface area contributed by atoms with Gasteiger partial charge in [0.05, 0.1) is 6.54 Å². The van der Waals surface area contributed by atoms with Crippen molar-refractivity contribution in [2.24, 2.45) is 11.1 Å². The lowest BCUT2D eigenvalue weighted by Gasteiger charge is -2.49. The molecule has 0 bridgehead atoms. The number of hydrogen-bond donors (Lipinski definition) is 1. The van der Waals surface area contributed by atoms with E-state index in [1.807, 2.05) is 0 Å². The predicted octanol–water partition coefficient (Wildman–Crippen LogP) is 1.32. The predicted molar refractivity (Wildman–Crippen MR) is 93.0 cm³/mol. The lowest BCUT2D eigenvalue weighted by Crippen LogP contribution is -2.55. The van der Waals surface area contributed by atoms with Gasteiger partial charge in [0.15, 0.2) is 0 Å². The minimum Gasteiger partial charge on any atom is -0.363 e. The van der Waals surface area contributed by atoms with Crippen LogP contribution in [0.15, 0.2) is 4.52 Å². The minimum absolute atomic E-state index is 0.0672. The molecule has 2 saturated heterocycles. The summed E-state index contributed by atoms with van der Waals surface area (Å²) < 4.78 is 5.16. The number of nitrogens with two attached hydrogens (primary N) is 1. The zero-order valence-electron chi connectivity index (χ0n) is 15.2. The molecule has 0 aromatic carbocycles. The van der Waals surface area contributed by atoms with Crippen LogP contribution in [-0.2, 0) is 11.3 Å². The molecule has 0 radical (unpaired) electrons. The van der Waals surface area contributed by atoms with Crippen LogP contribution < -0.4 is 5.73 Å². The summed E-state index contributed by atoms with van der Waals surface area (Å²) in [6.45, 7) is 3.30. The third-order valence-electron chi connectivity index (χ3n) is 6.25. The Labute approximate surface area is 153 Å². The van der Waals surface area contributed by atoms with E-state index in [4.69, 9.17) is 10.3 Å². The van der Waals surface area contributed by atoms with E-state index in [0.717, 1.165) is 51.7 Å². The molecule has 2 N–H and O–H groups in total. The van der Waals surface area contributed by atoms with Gasteiger partial charge in [-0.3, -0.25) is 14.5 Å². The standard InChI is InChI=1S/C18H27N5O3/c19-16(25)17-20-14(26-21-17)10-22-9-3-7-18(11-22)8-6-15(24)23(12-18)13-4-1-2-5-13/h13H,1-12H2,(H2,19,25)/t18-/m1/s1. The van der Waals surface area contributed by atoms with Gasteiger partial charge in [0.2, 0.25) is 11.8 Å². The van der Waals surface area contributed by atoms with Crippen molar-refractivity contribution in [1.82, 2.24) is 19.9 Å². The van der Waals surface area contributed by atoms with Crippen LogP contribution in [0.25, 0.3) is 0 Å². The van der Waals surface area contributed by atoms with Gasteiger partial charge in [-0.2, -0.15) is 4.98 Å². The van der Waals surface area contributed by atoms with Gasteiger partial charge < -0.3 is 15.2 Å². The van der Waals surface area contributed by atoms with Gasteiger partial charge in [-0.15, -0.1) is 0 Å². The van der Waals surface area contributed by atoms with E-state index in [1.165, 1.54) is 12.8 Å². The summed E-state index contributed by atoms with van der Waals surface area (Å²) in [6.07, 6.45) is 8.69. The van der Waals surface area contributed by atoms with Crippen molar-refractivity contribution in [2.75, 3.05) is 19.6 Å². The maximum Gasteiger partial charge on any atom is 0.290 e. The first kappa shape index (κ1) is 17.5. The molecule has 2 amide bonds. The fourth-order valence-electron chi connectivity index (χ4n) is 4.98. The fourth-order valence-corrected chi connectivity index (χ4v) is 4.98. The van der Waals surface area contributed by atoms with E-state index in [9.17, 15) is 9.59 Å². The number of aromatic nitrogens is 2. The zero-order chi connectivity index (χ0) is 18.1. The van der Waals surface area contributed by atoms with Crippen molar-refractivity contribution in [3.63, 3.8) is 0 Å². The third-order valence-corrected chi connectivity index (χ3v) is 6.25. The molecule has 8 heteroatoms. The van der Waals surface area contributed by atoms with Crippen LogP contribution in [0.1, 0.15) is 67.9 Å². The number of rotatable bonds is 4. The Balaban J connectivity index is 1.43. The van der Waals surface area contributed by atoms with Gasteiger partial charge in [0.1, 0.15) is 0 Å². The second kappa shape index (κ2) is 6.98. The minimum atomic E-state index is -0.673. The molecule has 1 atom stereocenters. The highest BCUT2D eigenvalue weighted by molar-refractivity contribution is 5.88. The summed E-state index contributed by atoms with van der Waals surface area (Å²) >= 11 is 0. The Bertz CT molecular complexity index is 684. The number of likely N-dealkylation sites (tertiary alicyclic amines) is 2. The molecule has 4 rings (SSSR count). The van der Waals surface area contributed by atoms with Crippen molar-refractivity contribution in [3.8, 4) is 0 Å². The van der Waals surface area contributed by atoms with Crippen LogP contribution in [0.2, 0.25) is 0 Å². The quantitative estimate of drug-likeness (QED) is 0.867. The average molecular weight is 361 g/mol. The van der Waals surface area contributed by atoms with E-state index in [1.54, 1.807) is 0 Å². The highest BCUT2D eigenvalue weighted by Crippen LogP contribution is 2.41. The number of nitrogens with zero attached hydrogens (tertiary/aromatic N) is 4. The van der Waals surface area contributed by atoms with Crippen LogP contribution in [0, 0.1) is 5.41 Å². The van der Waals surface area contributed by atoms with Gasteiger partial charge in [-0.1, -0.05) is 18.0 Å². The molecule has 2 aliphatic heterocycles. The van der Waals surface area contributed by atoms with Gasteiger partial charge in [-0.25, -0.2) is 0 Å². The summed E-state index contributed by atoms with van der Waals surface area (Å²) in [6, 6.07) is 0.448. The van der Waals surface area contributed by atoms with E-state index in [0.29, 0.717) is 30.8 Å². The Morgan fingerprint density at radius 2 is 2.04 bits per heavy atom. The Hall–Kier alpha value is -1.96. The second-order valence-electron chi connectivity index (χ2n) is 8.15. The molecule has 3 aliphatic rings. The van der Waals surface area contributed by atoms with Crippen LogP contribution >= 0.6 is 0 Å². The van der Waals surface area contributed by atoms with E-state index < -0.39 is 5.91 Å². The molecular weight excluding hydrogens is 334 g/mol. The molecule has 1 spiro atoms. The van der Waals surface area contributed by atoms with Crippen LogP contribution in [0.3, 0.4) is 0 Å². The summed E-state index contributed by atoms with van der Waals surface area (Å²) in [5.41, 5.74) is 5.35. The molecule has 3 heterocycles. The van der Waals surface area contributed by atoms with Crippen molar-refractivity contribution in [3.05, 3.63) is 11.7 Å². The molecule has 1 aliphatic carbocycles. The van der Waals surface area contributed by atoms with Crippen LogP contribution in [-0.4, -0.2) is 57.4 Å². The molecule has 142 valence electrons. The highest BCUT2D eigenvalue weighted by atomic mass is 16.5. The van der Waals surface area contributed by atoms with E-state index in [-0.39, 0.29) is 11.2 Å². The van der Waals surface area contributed by atoms with Crippen LogP contribution in [0.4, 0.5) is 0 Å². The summed E-state index contributed by atoms with van der Waals surface area (Å²) in [5.74, 6) is 0.0218. The van der Waals surface area contributed by atoms with Crippen molar-refractivity contribution < 1.29 is 14.1 Å². The lowest BCUT2D eigenvalue weighted by molar-refractivity contribution is -0.142. The molecule has 1 aromatic rings. The number of amides is 2. The van der Waals surface area contributed by atoms with Gasteiger partial charge in [0.25, 0.3) is 11.7 Å². The smallest absolute Gasteiger partial charge is 0.290 e. The molecule has 3 fully saturated rings. The normalized spacial score (nSPS) is 28.2. The molecule has 0 unspecified atom stereocenters. The lowest BCUT2D eigenvalue weighted by atomic mass is 9.73. The molecule has 26 heavy (non-hydrogen) atoms. The van der Waals surface area contributed by atoms with Gasteiger partial charge >= 0.3 is 0 Å². The summed E-state index contributed by atoms with van der Waals surface area (Å²) in [5, 5.41) is 3.62. The summed E-state index contributed by atoms with van der Waals surface area (Å²) in [7, 11) is 0. The monoisotopic (exact) mass is 361 g/mol.